The molecule has 21 heavy (non-hydrogen) atoms. The molecule has 1 unspecified atom stereocenters. The summed E-state index contributed by atoms with van der Waals surface area (Å²) in [5.41, 5.74) is 3.68. The Morgan fingerprint density at radius 2 is 1.95 bits per heavy atom. The van der Waals surface area contributed by atoms with Crippen LogP contribution >= 0.6 is 0 Å². The number of methoxy groups -OCH3 is 1. The molecule has 110 valence electrons. The zero-order valence-corrected chi connectivity index (χ0v) is 12.5. The first kappa shape index (κ1) is 14.0. The SMILES string of the molecule is CNC(c1ccc(OC)nn1)c1ccccc1C1CCC1. The van der Waals surface area contributed by atoms with Crippen LogP contribution in [-0.2, 0) is 0 Å². The summed E-state index contributed by atoms with van der Waals surface area (Å²) in [5.74, 6) is 1.24. The van der Waals surface area contributed by atoms with Gasteiger partial charge in [-0.25, -0.2) is 0 Å². The number of hydrogen-bond donors (Lipinski definition) is 1. The van der Waals surface area contributed by atoms with Gasteiger partial charge in [0.25, 0.3) is 0 Å². The number of aromatic nitrogens is 2. The van der Waals surface area contributed by atoms with Crippen LogP contribution in [0.3, 0.4) is 0 Å². The molecule has 4 nitrogen and oxygen atoms in total. The standard InChI is InChI=1S/C17H21N3O/c1-18-17(15-10-11-16(21-2)20-19-15)14-9-4-3-8-13(14)12-6-5-7-12/h3-4,8-12,17-18H,5-7H2,1-2H3. The molecule has 1 aromatic heterocycles. The molecular formula is C17H21N3O. The summed E-state index contributed by atoms with van der Waals surface area (Å²) < 4.78 is 5.08. The van der Waals surface area contributed by atoms with Gasteiger partial charge in [0.1, 0.15) is 0 Å². The summed E-state index contributed by atoms with van der Waals surface area (Å²) in [4.78, 5) is 0. The monoisotopic (exact) mass is 283 g/mol. The highest BCUT2D eigenvalue weighted by Gasteiger charge is 2.25. The van der Waals surface area contributed by atoms with Crippen LogP contribution in [0.5, 0.6) is 5.88 Å². The molecule has 1 aromatic carbocycles. The molecular weight excluding hydrogens is 262 g/mol. The second-order valence-corrected chi connectivity index (χ2v) is 5.48. The smallest absolute Gasteiger partial charge is 0.233 e. The molecule has 1 saturated carbocycles. The van der Waals surface area contributed by atoms with E-state index in [-0.39, 0.29) is 6.04 Å². The lowest BCUT2D eigenvalue weighted by molar-refractivity contribution is 0.390. The second-order valence-electron chi connectivity index (χ2n) is 5.48. The van der Waals surface area contributed by atoms with E-state index in [0.29, 0.717) is 11.8 Å². The summed E-state index contributed by atoms with van der Waals surface area (Å²) in [5, 5.41) is 11.8. The third-order valence-electron chi connectivity index (χ3n) is 4.31. The molecule has 1 aliphatic carbocycles. The average Bonchev–Trinajstić information content (AvgIpc) is 2.49. The van der Waals surface area contributed by atoms with Gasteiger partial charge in [-0.05, 0) is 43.0 Å². The lowest BCUT2D eigenvalue weighted by Crippen LogP contribution is -2.22. The normalized spacial score (nSPS) is 16.3. The maximum atomic E-state index is 5.08. The summed E-state index contributed by atoms with van der Waals surface area (Å²) >= 11 is 0. The van der Waals surface area contributed by atoms with Gasteiger partial charge in [0.15, 0.2) is 0 Å². The number of hydrogen-bond acceptors (Lipinski definition) is 4. The van der Waals surface area contributed by atoms with E-state index in [1.807, 2.05) is 19.2 Å². The predicted octanol–water partition coefficient (Wildman–Crippen LogP) is 3.06. The molecule has 1 fully saturated rings. The Morgan fingerprint density at radius 1 is 1.14 bits per heavy atom. The molecule has 0 amide bonds. The number of nitrogens with zero attached hydrogens (tertiary/aromatic N) is 2. The number of benzene rings is 1. The summed E-state index contributed by atoms with van der Waals surface area (Å²) in [6.07, 6.45) is 3.93. The number of ether oxygens (including phenoxy) is 1. The molecule has 3 rings (SSSR count). The Balaban J connectivity index is 1.95. The van der Waals surface area contributed by atoms with Crippen LogP contribution < -0.4 is 10.1 Å². The van der Waals surface area contributed by atoms with Gasteiger partial charge in [-0.1, -0.05) is 30.7 Å². The first-order valence-corrected chi connectivity index (χ1v) is 7.47. The van der Waals surface area contributed by atoms with Crippen LogP contribution in [0.4, 0.5) is 0 Å². The minimum Gasteiger partial charge on any atom is -0.480 e. The van der Waals surface area contributed by atoms with Crippen molar-refractivity contribution in [1.29, 1.82) is 0 Å². The third kappa shape index (κ3) is 2.76. The van der Waals surface area contributed by atoms with Gasteiger partial charge in [0.2, 0.25) is 5.88 Å². The fraction of sp³-hybridized carbons (Fsp3) is 0.412. The van der Waals surface area contributed by atoms with Crippen molar-refractivity contribution in [1.82, 2.24) is 15.5 Å². The van der Waals surface area contributed by atoms with Crippen molar-refractivity contribution in [3.63, 3.8) is 0 Å². The van der Waals surface area contributed by atoms with Crippen LogP contribution in [0.15, 0.2) is 36.4 Å². The molecule has 1 atom stereocenters. The van der Waals surface area contributed by atoms with Gasteiger partial charge in [-0.3, -0.25) is 0 Å². The molecule has 1 heterocycles. The molecule has 0 radical (unpaired) electrons. The highest BCUT2D eigenvalue weighted by molar-refractivity contribution is 5.38. The quantitative estimate of drug-likeness (QED) is 0.916. The van der Waals surface area contributed by atoms with Crippen molar-refractivity contribution < 1.29 is 4.74 Å². The summed E-state index contributed by atoms with van der Waals surface area (Å²) in [6, 6.07) is 12.6. The zero-order chi connectivity index (χ0) is 14.7. The fourth-order valence-electron chi connectivity index (χ4n) is 2.92. The van der Waals surface area contributed by atoms with E-state index in [2.05, 4.69) is 39.8 Å². The van der Waals surface area contributed by atoms with Crippen molar-refractivity contribution in [3.8, 4) is 5.88 Å². The van der Waals surface area contributed by atoms with Gasteiger partial charge in [-0.2, -0.15) is 0 Å². The van der Waals surface area contributed by atoms with Crippen LogP contribution in [0.2, 0.25) is 0 Å². The highest BCUT2D eigenvalue weighted by atomic mass is 16.5. The Labute approximate surface area is 125 Å². The molecule has 0 bridgehead atoms. The average molecular weight is 283 g/mol. The Kier molecular flexibility index (Phi) is 4.15. The first-order valence-electron chi connectivity index (χ1n) is 7.47. The lowest BCUT2D eigenvalue weighted by atomic mass is 9.77. The minimum absolute atomic E-state index is 0.0696. The van der Waals surface area contributed by atoms with Crippen molar-refractivity contribution in [2.75, 3.05) is 14.2 Å². The van der Waals surface area contributed by atoms with E-state index in [4.69, 9.17) is 4.74 Å². The highest BCUT2D eigenvalue weighted by Crippen LogP contribution is 2.40. The molecule has 0 spiro atoms. The molecule has 0 saturated heterocycles. The summed E-state index contributed by atoms with van der Waals surface area (Å²) in [7, 11) is 3.57. The van der Waals surface area contributed by atoms with E-state index in [9.17, 15) is 0 Å². The largest absolute Gasteiger partial charge is 0.480 e. The topological polar surface area (TPSA) is 47.0 Å². The lowest BCUT2D eigenvalue weighted by Gasteiger charge is -2.30. The first-order chi connectivity index (χ1) is 10.3. The van der Waals surface area contributed by atoms with Gasteiger partial charge in [0.05, 0.1) is 18.8 Å². The van der Waals surface area contributed by atoms with E-state index in [1.54, 1.807) is 7.11 Å². The van der Waals surface area contributed by atoms with E-state index < -0.39 is 0 Å². The van der Waals surface area contributed by atoms with Gasteiger partial charge >= 0.3 is 0 Å². The maximum absolute atomic E-state index is 5.08. The van der Waals surface area contributed by atoms with Gasteiger partial charge in [0, 0.05) is 6.07 Å². The Hall–Kier alpha value is -1.94. The molecule has 1 aliphatic rings. The van der Waals surface area contributed by atoms with Crippen LogP contribution in [0, 0.1) is 0 Å². The van der Waals surface area contributed by atoms with Crippen LogP contribution in [0.25, 0.3) is 0 Å². The molecule has 2 aromatic rings. The van der Waals surface area contributed by atoms with Crippen molar-refractivity contribution >= 4 is 0 Å². The molecule has 0 aliphatic heterocycles. The molecule has 4 heteroatoms. The van der Waals surface area contributed by atoms with E-state index in [1.165, 1.54) is 30.4 Å². The van der Waals surface area contributed by atoms with E-state index >= 15 is 0 Å². The summed E-state index contributed by atoms with van der Waals surface area (Å²) in [6.45, 7) is 0. The van der Waals surface area contributed by atoms with Crippen molar-refractivity contribution in [3.05, 3.63) is 53.2 Å². The fourth-order valence-corrected chi connectivity index (χ4v) is 2.92. The Bertz CT molecular complexity index is 593. The van der Waals surface area contributed by atoms with Crippen molar-refractivity contribution in [2.24, 2.45) is 0 Å². The van der Waals surface area contributed by atoms with Crippen LogP contribution in [0.1, 0.15) is 48.0 Å². The molecule has 1 N–H and O–H groups in total. The Morgan fingerprint density at radius 3 is 2.52 bits per heavy atom. The van der Waals surface area contributed by atoms with Gasteiger partial charge < -0.3 is 10.1 Å². The number of rotatable bonds is 5. The van der Waals surface area contributed by atoms with E-state index in [0.717, 1.165) is 5.69 Å². The maximum Gasteiger partial charge on any atom is 0.233 e. The van der Waals surface area contributed by atoms with Crippen LogP contribution in [-0.4, -0.2) is 24.4 Å². The predicted molar refractivity (Wildman–Crippen MR) is 82.5 cm³/mol. The minimum atomic E-state index is 0.0696. The number of nitrogens with one attached hydrogen (secondary N) is 1. The van der Waals surface area contributed by atoms with Gasteiger partial charge in [-0.15, -0.1) is 10.2 Å². The zero-order valence-electron chi connectivity index (χ0n) is 12.5. The third-order valence-corrected chi connectivity index (χ3v) is 4.31. The van der Waals surface area contributed by atoms with Crippen molar-refractivity contribution in [2.45, 2.75) is 31.2 Å². The second kappa shape index (κ2) is 6.22.